The zero-order chi connectivity index (χ0) is 15.1. The van der Waals surface area contributed by atoms with Gasteiger partial charge < -0.3 is 20.3 Å². The Morgan fingerprint density at radius 2 is 1.86 bits per heavy atom. The monoisotopic (exact) mass is 291 g/mol. The van der Waals surface area contributed by atoms with E-state index < -0.39 is 6.10 Å². The first-order valence-corrected chi connectivity index (χ1v) is 6.71. The van der Waals surface area contributed by atoms with Crippen molar-refractivity contribution in [2.45, 2.75) is 12.6 Å². The van der Waals surface area contributed by atoms with Crippen LogP contribution in [0.5, 0.6) is 0 Å². The number of hydrogen-bond donors (Lipinski definition) is 3. The second-order valence-electron chi connectivity index (χ2n) is 4.63. The first-order valence-electron chi connectivity index (χ1n) is 6.71. The summed E-state index contributed by atoms with van der Waals surface area (Å²) >= 11 is 0. The first-order chi connectivity index (χ1) is 10.1. The molecule has 2 rings (SSSR count). The maximum atomic E-state index is 12.8. The molecular weight excluding hydrogens is 273 g/mol. The van der Waals surface area contributed by atoms with E-state index in [0.29, 0.717) is 18.7 Å². The number of aromatic nitrogens is 1. The number of urea groups is 1. The second kappa shape index (κ2) is 7.44. The van der Waals surface area contributed by atoms with E-state index in [1.165, 1.54) is 24.3 Å². The molecule has 0 aliphatic carbocycles. The maximum absolute atomic E-state index is 12.8. The zero-order valence-corrected chi connectivity index (χ0v) is 11.5. The Bertz CT molecular complexity index is 555. The number of rotatable bonds is 6. The Morgan fingerprint density at radius 1 is 1.19 bits per heavy atom. The Labute approximate surface area is 122 Å². The van der Waals surface area contributed by atoms with E-state index in [9.17, 15) is 14.3 Å². The molecule has 0 saturated carbocycles. The van der Waals surface area contributed by atoms with Gasteiger partial charge in [-0.2, -0.15) is 0 Å². The van der Waals surface area contributed by atoms with Gasteiger partial charge in [0.25, 0.3) is 0 Å². The molecule has 21 heavy (non-hydrogen) atoms. The van der Waals surface area contributed by atoms with Gasteiger partial charge in [0.1, 0.15) is 5.82 Å². The maximum Gasteiger partial charge on any atom is 0.314 e. The summed E-state index contributed by atoms with van der Waals surface area (Å²) < 4.78 is 14.7. The Kier molecular flexibility index (Phi) is 5.34. The summed E-state index contributed by atoms with van der Waals surface area (Å²) in [6.45, 7) is 1.25. The van der Waals surface area contributed by atoms with Crippen LogP contribution in [0.1, 0.15) is 11.7 Å². The summed E-state index contributed by atoms with van der Waals surface area (Å²) in [4.78, 5) is 11.6. The summed E-state index contributed by atoms with van der Waals surface area (Å²) in [5.74, 6) is -0.360. The molecule has 0 spiro atoms. The number of aliphatic hydroxyl groups excluding tert-OH is 1. The van der Waals surface area contributed by atoms with Crippen LogP contribution in [0.3, 0.4) is 0 Å². The molecule has 0 radical (unpaired) electrons. The first kappa shape index (κ1) is 15.1. The van der Waals surface area contributed by atoms with Crippen LogP contribution in [0.25, 0.3) is 0 Å². The van der Waals surface area contributed by atoms with Gasteiger partial charge in [0.05, 0.1) is 6.10 Å². The van der Waals surface area contributed by atoms with Crippen molar-refractivity contribution in [2.24, 2.45) is 0 Å². The summed E-state index contributed by atoms with van der Waals surface area (Å²) in [5, 5.41) is 15.1. The molecule has 1 atom stereocenters. The van der Waals surface area contributed by atoms with Gasteiger partial charge in [-0.05, 0) is 29.8 Å². The van der Waals surface area contributed by atoms with E-state index in [-0.39, 0.29) is 18.4 Å². The number of nitrogens with zero attached hydrogens (tertiary/aromatic N) is 1. The molecule has 0 fully saturated rings. The third-order valence-corrected chi connectivity index (χ3v) is 3.03. The number of nitrogens with one attached hydrogen (secondary N) is 2. The molecule has 5 nitrogen and oxygen atoms in total. The Balaban J connectivity index is 1.67. The number of carbonyl (C=O) groups excluding carboxylic acids is 1. The van der Waals surface area contributed by atoms with Crippen LogP contribution < -0.4 is 10.6 Å². The number of benzene rings is 1. The summed E-state index contributed by atoms with van der Waals surface area (Å²) in [6.07, 6.45) is 2.97. The summed E-state index contributed by atoms with van der Waals surface area (Å²) in [5.41, 5.74) is 0.559. The van der Waals surface area contributed by atoms with E-state index >= 15 is 0 Å². The molecule has 1 unspecified atom stereocenters. The highest BCUT2D eigenvalue weighted by Crippen LogP contribution is 2.12. The van der Waals surface area contributed by atoms with Gasteiger partial charge in [-0.15, -0.1) is 0 Å². The fourth-order valence-corrected chi connectivity index (χ4v) is 1.87. The van der Waals surface area contributed by atoms with Crippen molar-refractivity contribution < 1.29 is 14.3 Å². The summed E-state index contributed by atoms with van der Waals surface area (Å²) in [7, 11) is 0. The van der Waals surface area contributed by atoms with E-state index in [1.807, 2.05) is 29.1 Å². The van der Waals surface area contributed by atoms with Crippen molar-refractivity contribution in [1.82, 2.24) is 15.2 Å². The van der Waals surface area contributed by atoms with Gasteiger partial charge in [0.2, 0.25) is 0 Å². The minimum absolute atomic E-state index is 0.0704. The number of aliphatic hydroxyl groups is 1. The quantitative estimate of drug-likeness (QED) is 0.758. The predicted octanol–water partition coefficient (Wildman–Crippen LogP) is 1.66. The lowest BCUT2D eigenvalue weighted by Crippen LogP contribution is -2.39. The number of halogens is 1. The Morgan fingerprint density at radius 3 is 2.52 bits per heavy atom. The van der Waals surface area contributed by atoms with Crippen molar-refractivity contribution >= 4 is 6.03 Å². The van der Waals surface area contributed by atoms with Crippen LogP contribution in [-0.2, 0) is 6.54 Å². The van der Waals surface area contributed by atoms with Crippen LogP contribution in [0.4, 0.5) is 9.18 Å². The van der Waals surface area contributed by atoms with Gasteiger partial charge >= 0.3 is 6.03 Å². The van der Waals surface area contributed by atoms with Crippen molar-refractivity contribution in [2.75, 3.05) is 13.1 Å². The number of amides is 2. The molecule has 1 aromatic heterocycles. The third-order valence-electron chi connectivity index (χ3n) is 3.03. The minimum Gasteiger partial charge on any atom is -0.387 e. The molecule has 0 aliphatic heterocycles. The predicted molar refractivity (Wildman–Crippen MR) is 77.2 cm³/mol. The lowest BCUT2D eigenvalue weighted by atomic mass is 10.1. The van der Waals surface area contributed by atoms with Crippen LogP contribution >= 0.6 is 0 Å². The highest BCUT2D eigenvalue weighted by atomic mass is 19.1. The normalized spacial score (nSPS) is 11.9. The average Bonchev–Trinajstić information content (AvgIpc) is 2.99. The van der Waals surface area contributed by atoms with Gasteiger partial charge in [-0.1, -0.05) is 12.1 Å². The topological polar surface area (TPSA) is 66.3 Å². The molecule has 6 heteroatoms. The molecule has 112 valence electrons. The highest BCUT2D eigenvalue weighted by molar-refractivity contribution is 5.73. The molecule has 0 saturated heterocycles. The highest BCUT2D eigenvalue weighted by Gasteiger charge is 2.09. The van der Waals surface area contributed by atoms with Crippen molar-refractivity contribution in [3.63, 3.8) is 0 Å². The number of carbonyl (C=O) groups is 1. The molecular formula is C15H18FN3O2. The van der Waals surface area contributed by atoms with Gasteiger partial charge in [-0.3, -0.25) is 0 Å². The minimum atomic E-state index is -0.860. The average molecular weight is 291 g/mol. The zero-order valence-electron chi connectivity index (χ0n) is 11.5. The molecule has 2 amide bonds. The van der Waals surface area contributed by atoms with Gasteiger partial charge in [-0.25, -0.2) is 9.18 Å². The van der Waals surface area contributed by atoms with Gasteiger partial charge in [0, 0.05) is 32.0 Å². The fraction of sp³-hybridized carbons (Fsp3) is 0.267. The molecule has 2 aromatic rings. The molecule has 0 bridgehead atoms. The smallest absolute Gasteiger partial charge is 0.314 e. The third kappa shape index (κ3) is 4.92. The largest absolute Gasteiger partial charge is 0.387 e. The molecule has 1 aromatic carbocycles. The second-order valence-corrected chi connectivity index (χ2v) is 4.63. The standard InChI is InChI=1S/C15H18FN3O2/c16-13-5-3-12(4-6-13)14(20)11-18-15(21)17-7-10-19-8-1-2-9-19/h1-6,8-9,14,20H,7,10-11H2,(H2,17,18,21). The van der Waals surface area contributed by atoms with E-state index in [1.54, 1.807) is 0 Å². The van der Waals surface area contributed by atoms with E-state index in [0.717, 1.165) is 0 Å². The molecule has 1 heterocycles. The van der Waals surface area contributed by atoms with Gasteiger partial charge in [0.15, 0.2) is 0 Å². The lowest BCUT2D eigenvalue weighted by Gasteiger charge is -2.13. The van der Waals surface area contributed by atoms with E-state index in [4.69, 9.17) is 0 Å². The molecule has 0 aliphatic rings. The SMILES string of the molecule is O=C(NCCn1cccc1)NCC(O)c1ccc(F)cc1. The van der Waals surface area contributed by atoms with Crippen molar-refractivity contribution in [3.8, 4) is 0 Å². The molecule has 3 N–H and O–H groups in total. The Hall–Kier alpha value is -2.34. The van der Waals surface area contributed by atoms with Crippen molar-refractivity contribution in [1.29, 1.82) is 0 Å². The van der Waals surface area contributed by atoms with Crippen molar-refractivity contribution in [3.05, 3.63) is 60.2 Å². The van der Waals surface area contributed by atoms with Crippen LogP contribution in [0.2, 0.25) is 0 Å². The van der Waals surface area contributed by atoms with Crippen LogP contribution in [-0.4, -0.2) is 28.8 Å². The number of hydrogen-bond acceptors (Lipinski definition) is 2. The van der Waals surface area contributed by atoms with Crippen LogP contribution in [0, 0.1) is 5.82 Å². The lowest BCUT2D eigenvalue weighted by molar-refractivity contribution is 0.173. The summed E-state index contributed by atoms with van der Waals surface area (Å²) in [6, 6.07) is 9.02. The van der Waals surface area contributed by atoms with Crippen LogP contribution in [0.15, 0.2) is 48.8 Å². The fourth-order valence-electron chi connectivity index (χ4n) is 1.87. The van der Waals surface area contributed by atoms with E-state index in [2.05, 4.69) is 10.6 Å².